The molecule has 27 heavy (non-hydrogen) atoms. The number of thioether (sulfide) groups is 1. The summed E-state index contributed by atoms with van der Waals surface area (Å²) in [6.45, 7) is 9.05. The number of ether oxygens (including phenoxy) is 1. The molecule has 0 spiro atoms. The lowest BCUT2D eigenvalue weighted by molar-refractivity contribution is -0.132. The fourth-order valence-electron chi connectivity index (χ4n) is 3.25. The van der Waals surface area contributed by atoms with E-state index in [2.05, 4.69) is 29.2 Å². The van der Waals surface area contributed by atoms with E-state index in [0.29, 0.717) is 6.61 Å². The largest absolute Gasteiger partial charge is 0.494 e. The first-order valence-electron chi connectivity index (χ1n) is 9.60. The van der Waals surface area contributed by atoms with Crippen molar-refractivity contribution in [3.05, 3.63) is 60.2 Å². The van der Waals surface area contributed by atoms with Crippen molar-refractivity contribution < 1.29 is 9.53 Å². The Balaban J connectivity index is 1.45. The van der Waals surface area contributed by atoms with Gasteiger partial charge in [-0.05, 0) is 43.7 Å². The Bertz CT molecular complexity index is 713. The van der Waals surface area contributed by atoms with Gasteiger partial charge in [-0.3, -0.25) is 9.69 Å². The Morgan fingerprint density at radius 2 is 1.70 bits per heavy atom. The fourth-order valence-corrected chi connectivity index (χ4v) is 4.23. The third-order valence-corrected chi connectivity index (χ3v) is 5.83. The molecule has 0 saturated carbocycles. The van der Waals surface area contributed by atoms with E-state index >= 15 is 0 Å². The molecule has 0 N–H and O–H groups in total. The average Bonchev–Trinajstić information content (AvgIpc) is 2.70. The summed E-state index contributed by atoms with van der Waals surface area (Å²) in [5.41, 5.74) is 1.28. The molecule has 1 heterocycles. The van der Waals surface area contributed by atoms with Crippen molar-refractivity contribution >= 4 is 17.7 Å². The van der Waals surface area contributed by atoms with Crippen molar-refractivity contribution in [1.29, 1.82) is 0 Å². The van der Waals surface area contributed by atoms with Crippen LogP contribution < -0.4 is 4.74 Å². The van der Waals surface area contributed by atoms with Crippen LogP contribution >= 0.6 is 11.8 Å². The maximum absolute atomic E-state index is 12.7. The van der Waals surface area contributed by atoms with Gasteiger partial charge in [-0.1, -0.05) is 30.3 Å². The van der Waals surface area contributed by atoms with Crippen molar-refractivity contribution in [2.75, 3.05) is 32.8 Å². The SMILES string of the molecule is CCOc1ccc(CN2CCN(C(=O)C(C)Sc3ccccc3)CC2)cc1. The predicted octanol–water partition coefficient (Wildman–Crippen LogP) is 3.91. The number of benzene rings is 2. The van der Waals surface area contributed by atoms with Gasteiger partial charge >= 0.3 is 0 Å². The van der Waals surface area contributed by atoms with Crippen LogP contribution in [-0.2, 0) is 11.3 Å². The first kappa shape index (κ1) is 19.8. The van der Waals surface area contributed by atoms with Crippen LogP contribution in [0.4, 0.5) is 0 Å². The number of hydrogen-bond acceptors (Lipinski definition) is 4. The molecule has 0 aromatic heterocycles. The van der Waals surface area contributed by atoms with Crippen LogP contribution in [0, 0.1) is 0 Å². The van der Waals surface area contributed by atoms with Gasteiger partial charge < -0.3 is 9.64 Å². The van der Waals surface area contributed by atoms with E-state index in [1.807, 2.05) is 49.1 Å². The molecule has 1 atom stereocenters. The van der Waals surface area contributed by atoms with Crippen LogP contribution in [0.3, 0.4) is 0 Å². The third-order valence-electron chi connectivity index (χ3n) is 4.73. The molecule has 4 nitrogen and oxygen atoms in total. The van der Waals surface area contributed by atoms with Crippen LogP contribution in [-0.4, -0.2) is 53.7 Å². The minimum absolute atomic E-state index is 0.0509. The third kappa shape index (κ3) is 5.75. The lowest BCUT2D eigenvalue weighted by Crippen LogP contribution is -2.50. The van der Waals surface area contributed by atoms with Crippen molar-refractivity contribution in [3.8, 4) is 5.75 Å². The molecule has 144 valence electrons. The highest BCUT2D eigenvalue weighted by molar-refractivity contribution is 8.00. The second kappa shape index (κ2) is 9.81. The normalized spacial score (nSPS) is 16.1. The summed E-state index contributed by atoms with van der Waals surface area (Å²) in [5, 5.41) is -0.0509. The highest BCUT2D eigenvalue weighted by atomic mass is 32.2. The highest BCUT2D eigenvalue weighted by Gasteiger charge is 2.25. The molecule has 2 aromatic rings. The smallest absolute Gasteiger partial charge is 0.235 e. The second-order valence-corrected chi connectivity index (χ2v) is 8.17. The van der Waals surface area contributed by atoms with Gasteiger partial charge in [0, 0.05) is 37.6 Å². The zero-order chi connectivity index (χ0) is 19.1. The summed E-state index contributed by atoms with van der Waals surface area (Å²) in [7, 11) is 0. The monoisotopic (exact) mass is 384 g/mol. The summed E-state index contributed by atoms with van der Waals surface area (Å²) >= 11 is 1.64. The Kier molecular flexibility index (Phi) is 7.18. The number of amides is 1. The van der Waals surface area contributed by atoms with Gasteiger partial charge in [-0.25, -0.2) is 0 Å². The van der Waals surface area contributed by atoms with Crippen LogP contribution in [0.15, 0.2) is 59.5 Å². The Labute approximate surface area is 166 Å². The Morgan fingerprint density at radius 1 is 1.04 bits per heavy atom. The van der Waals surface area contributed by atoms with Gasteiger partial charge in [0.15, 0.2) is 0 Å². The van der Waals surface area contributed by atoms with Gasteiger partial charge in [0.25, 0.3) is 0 Å². The average molecular weight is 385 g/mol. The topological polar surface area (TPSA) is 32.8 Å². The number of piperazine rings is 1. The molecule has 1 aliphatic heterocycles. The van der Waals surface area contributed by atoms with E-state index < -0.39 is 0 Å². The molecule has 0 radical (unpaired) electrons. The summed E-state index contributed by atoms with van der Waals surface area (Å²) in [6.07, 6.45) is 0. The quantitative estimate of drug-likeness (QED) is 0.678. The van der Waals surface area contributed by atoms with Gasteiger partial charge in [-0.2, -0.15) is 0 Å². The Morgan fingerprint density at radius 3 is 2.33 bits per heavy atom. The van der Waals surface area contributed by atoms with E-state index in [9.17, 15) is 4.79 Å². The maximum atomic E-state index is 12.7. The molecule has 1 saturated heterocycles. The number of nitrogens with zero attached hydrogens (tertiary/aromatic N) is 2. The predicted molar refractivity (Wildman–Crippen MR) is 111 cm³/mol. The first-order valence-corrected chi connectivity index (χ1v) is 10.5. The fraction of sp³-hybridized carbons (Fsp3) is 0.409. The second-order valence-electron chi connectivity index (χ2n) is 6.75. The zero-order valence-electron chi connectivity index (χ0n) is 16.1. The highest BCUT2D eigenvalue weighted by Crippen LogP contribution is 2.24. The van der Waals surface area contributed by atoms with Gasteiger partial charge in [0.05, 0.1) is 11.9 Å². The molecule has 5 heteroatoms. The van der Waals surface area contributed by atoms with Gasteiger partial charge in [-0.15, -0.1) is 11.8 Å². The number of hydrogen-bond donors (Lipinski definition) is 0. The molecule has 0 aliphatic carbocycles. The molecule has 2 aromatic carbocycles. The van der Waals surface area contributed by atoms with Crippen LogP contribution in [0.5, 0.6) is 5.75 Å². The summed E-state index contributed by atoms with van der Waals surface area (Å²) in [4.78, 5) is 18.3. The van der Waals surface area contributed by atoms with Crippen LogP contribution in [0.1, 0.15) is 19.4 Å². The number of rotatable bonds is 7. The molecule has 1 amide bonds. The zero-order valence-corrected chi connectivity index (χ0v) is 17.0. The first-order chi connectivity index (χ1) is 13.2. The minimum Gasteiger partial charge on any atom is -0.494 e. The van der Waals surface area contributed by atoms with Crippen LogP contribution in [0.2, 0.25) is 0 Å². The minimum atomic E-state index is -0.0509. The molecule has 1 unspecified atom stereocenters. The molecule has 3 rings (SSSR count). The molecule has 1 fully saturated rings. The van der Waals surface area contributed by atoms with E-state index in [-0.39, 0.29) is 11.2 Å². The lowest BCUT2D eigenvalue weighted by Gasteiger charge is -2.36. The molecular formula is C22H28N2O2S. The van der Waals surface area contributed by atoms with E-state index in [1.54, 1.807) is 11.8 Å². The molecular weight excluding hydrogens is 356 g/mol. The summed E-state index contributed by atoms with van der Waals surface area (Å²) in [6, 6.07) is 18.5. The van der Waals surface area contributed by atoms with Crippen LogP contribution in [0.25, 0.3) is 0 Å². The maximum Gasteiger partial charge on any atom is 0.235 e. The number of carbonyl (C=O) groups excluding carboxylic acids is 1. The molecule has 0 bridgehead atoms. The standard InChI is InChI=1S/C22H28N2O2S/c1-3-26-20-11-9-19(10-12-20)17-23-13-15-24(16-14-23)22(25)18(2)27-21-7-5-4-6-8-21/h4-12,18H,3,13-17H2,1-2H3. The van der Waals surface area contributed by atoms with Crippen molar-refractivity contribution in [3.63, 3.8) is 0 Å². The summed E-state index contributed by atoms with van der Waals surface area (Å²) < 4.78 is 5.50. The van der Waals surface area contributed by atoms with Gasteiger partial charge in [0.2, 0.25) is 5.91 Å². The van der Waals surface area contributed by atoms with E-state index in [1.165, 1.54) is 5.56 Å². The van der Waals surface area contributed by atoms with Crippen molar-refractivity contribution in [2.24, 2.45) is 0 Å². The number of carbonyl (C=O) groups is 1. The van der Waals surface area contributed by atoms with E-state index in [4.69, 9.17) is 4.74 Å². The van der Waals surface area contributed by atoms with Crippen molar-refractivity contribution in [1.82, 2.24) is 9.80 Å². The van der Waals surface area contributed by atoms with Gasteiger partial charge in [0.1, 0.15) is 5.75 Å². The summed E-state index contributed by atoms with van der Waals surface area (Å²) in [5.74, 6) is 1.16. The van der Waals surface area contributed by atoms with Crippen molar-refractivity contribution in [2.45, 2.75) is 30.5 Å². The Hall–Kier alpha value is -1.98. The molecule has 1 aliphatic rings. The van der Waals surface area contributed by atoms with E-state index in [0.717, 1.165) is 43.4 Å². The lowest BCUT2D eigenvalue weighted by atomic mass is 10.2.